The van der Waals surface area contributed by atoms with Crippen molar-refractivity contribution in [2.24, 2.45) is 0 Å². The maximum atomic E-state index is 12.9. The van der Waals surface area contributed by atoms with E-state index in [1.54, 1.807) is 19.5 Å². The topological polar surface area (TPSA) is 79.9 Å². The van der Waals surface area contributed by atoms with E-state index >= 15 is 0 Å². The van der Waals surface area contributed by atoms with Gasteiger partial charge in [-0.2, -0.15) is 5.10 Å². The molecular weight excluding hydrogens is 388 g/mol. The maximum Gasteiger partial charge on any atom is 0.235 e. The SMILES string of the molecule is COc1ccc2c(c1)C1(C[C@H]1c1ccc3c(C#Cc4cccnc4)[nH]nc3c1)C(=O)N2. The van der Waals surface area contributed by atoms with Gasteiger partial charge in [0.05, 0.1) is 18.0 Å². The monoisotopic (exact) mass is 406 g/mol. The number of aromatic nitrogens is 3. The van der Waals surface area contributed by atoms with Crippen molar-refractivity contribution in [2.45, 2.75) is 17.8 Å². The molecule has 0 bridgehead atoms. The molecule has 6 rings (SSSR count). The molecule has 2 aromatic carbocycles. The summed E-state index contributed by atoms with van der Waals surface area (Å²) in [5.41, 5.74) is 4.95. The number of carbonyl (C=O) groups excluding carboxylic acids is 1. The van der Waals surface area contributed by atoms with Crippen molar-refractivity contribution in [3.63, 3.8) is 0 Å². The molecule has 2 aromatic heterocycles. The number of rotatable bonds is 2. The van der Waals surface area contributed by atoms with Crippen molar-refractivity contribution >= 4 is 22.5 Å². The Morgan fingerprint density at radius 2 is 2.10 bits per heavy atom. The summed E-state index contributed by atoms with van der Waals surface area (Å²) in [6.45, 7) is 0. The number of hydrogen-bond acceptors (Lipinski definition) is 4. The molecule has 1 fully saturated rings. The molecule has 31 heavy (non-hydrogen) atoms. The number of hydrogen-bond donors (Lipinski definition) is 2. The molecule has 2 aliphatic rings. The first-order valence-corrected chi connectivity index (χ1v) is 10.1. The van der Waals surface area contributed by atoms with Crippen molar-refractivity contribution in [3.8, 4) is 17.6 Å². The number of nitrogens with one attached hydrogen (secondary N) is 2. The molecule has 6 nitrogen and oxygen atoms in total. The number of fused-ring (bicyclic) bond motifs is 3. The van der Waals surface area contributed by atoms with Gasteiger partial charge in [-0.1, -0.05) is 12.0 Å². The van der Waals surface area contributed by atoms with E-state index in [4.69, 9.17) is 4.74 Å². The number of pyridine rings is 1. The van der Waals surface area contributed by atoms with Crippen molar-refractivity contribution in [1.82, 2.24) is 15.2 Å². The van der Waals surface area contributed by atoms with Crippen molar-refractivity contribution in [2.75, 3.05) is 12.4 Å². The predicted molar refractivity (Wildman–Crippen MR) is 117 cm³/mol. The zero-order valence-corrected chi connectivity index (χ0v) is 16.8. The summed E-state index contributed by atoms with van der Waals surface area (Å²) in [6, 6.07) is 15.7. The fourth-order valence-electron chi connectivity index (χ4n) is 4.61. The molecule has 1 aliphatic carbocycles. The largest absolute Gasteiger partial charge is 0.497 e. The second-order valence-electron chi connectivity index (χ2n) is 7.96. The van der Waals surface area contributed by atoms with Crippen LogP contribution in [0.5, 0.6) is 5.75 Å². The molecular formula is C25H18N4O2. The highest BCUT2D eigenvalue weighted by Crippen LogP contribution is 2.65. The third-order valence-electron chi connectivity index (χ3n) is 6.30. The summed E-state index contributed by atoms with van der Waals surface area (Å²) < 4.78 is 5.38. The number of ether oxygens (including phenoxy) is 1. The maximum absolute atomic E-state index is 12.9. The van der Waals surface area contributed by atoms with E-state index in [1.165, 1.54) is 0 Å². The Balaban J connectivity index is 1.34. The number of methoxy groups -OCH3 is 1. The number of H-pyrrole nitrogens is 1. The lowest BCUT2D eigenvalue weighted by Crippen LogP contribution is -2.21. The molecule has 1 amide bonds. The Morgan fingerprint density at radius 1 is 1.16 bits per heavy atom. The third-order valence-corrected chi connectivity index (χ3v) is 6.30. The van der Waals surface area contributed by atoms with E-state index in [1.807, 2.05) is 36.4 Å². The number of carbonyl (C=O) groups is 1. The smallest absolute Gasteiger partial charge is 0.235 e. The molecule has 4 aromatic rings. The Hall–Kier alpha value is -4.11. The third kappa shape index (κ3) is 2.63. The van der Waals surface area contributed by atoms with E-state index < -0.39 is 5.41 Å². The van der Waals surface area contributed by atoms with E-state index in [-0.39, 0.29) is 11.8 Å². The number of anilines is 1. The highest BCUT2D eigenvalue weighted by molar-refractivity contribution is 6.10. The molecule has 6 heteroatoms. The molecule has 1 saturated carbocycles. The molecule has 1 aliphatic heterocycles. The minimum atomic E-state index is -0.517. The van der Waals surface area contributed by atoms with Gasteiger partial charge in [-0.05, 0) is 65.9 Å². The number of amides is 1. The number of benzene rings is 2. The quantitative estimate of drug-likeness (QED) is 0.497. The van der Waals surface area contributed by atoms with Gasteiger partial charge in [-0.15, -0.1) is 0 Å². The van der Waals surface area contributed by atoms with E-state index in [2.05, 4.69) is 44.5 Å². The first-order chi connectivity index (χ1) is 15.2. The Bertz CT molecular complexity index is 1410. The Morgan fingerprint density at radius 3 is 2.94 bits per heavy atom. The van der Waals surface area contributed by atoms with Crippen LogP contribution in [-0.2, 0) is 10.2 Å². The van der Waals surface area contributed by atoms with Gasteiger partial charge >= 0.3 is 0 Å². The second kappa shape index (κ2) is 6.44. The summed E-state index contributed by atoms with van der Waals surface area (Å²) in [5, 5.41) is 11.5. The number of nitrogens with zero attached hydrogens (tertiary/aromatic N) is 2. The van der Waals surface area contributed by atoms with Crippen LogP contribution in [-0.4, -0.2) is 28.2 Å². The van der Waals surface area contributed by atoms with Crippen molar-refractivity contribution in [3.05, 3.63) is 83.3 Å². The summed E-state index contributed by atoms with van der Waals surface area (Å²) in [6.07, 6.45) is 4.24. The minimum Gasteiger partial charge on any atom is -0.497 e. The standard InChI is InChI=1S/C25H18N4O2/c1-31-17-6-9-22-19(12-17)25(24(30)27-22)13-20(25)16-5-7-18-21(28-29-23(18)11-16)8-4-15-3-2-10-26-14-15/h2-3,5-7,9-12,14,20H,13H2,1H3,(H,27,30)(H,28,29)/t20-,25?/m0/s1. The number of aromatic amines is 1. The molecule has 0 saturated heterocycles. The average Bonchev–Trinajstić information content (AvgIpc) is 3.35. The van der Waals surface area contributed by atoms with Gasteiger partial charge in [-0.25, -0.2) is 0 Å². The molecule has 2 N–H and O–H groups in total. The highest BCUT2D eigenvalue weighted by Gasteiger charge is 2.65. The molecule has 3 heterocycles. The Kier molecular flexibility index (Phi) is 3.68. The van der Waals surface area contributed by atoms with Crippen LogP contribution < -0.4 is 10.1 Å². The van der Waals surface area contributed by atoms with Gasteiger partial charge in [0.1, 0.15) is 11.4 Å². The molecule has 150 valence electrons. The fourth-order valence-corrected chi connectivity index (χ4v) is 4.61. The second-order valence-corrected chi connectivity index (χ2v) is 7.96. The van der Waals surface area contributed by atoms with Crippen LogP contribution >= 0.6 is 0 Å². The van der Waals surface area contributed by atoms with Crippen LogP contribution in [0.25, 0.3) is 10.9 Å². The van der Waals surface area contributed by atoms with E-state index in [9.17, 15) is 4.79 Å². The lowest BCUT2D eigenvalue weighted by atomic mass is 9.91. The lowest BCUT2D eigenvalue weighted by molar-refractivity contribution is -0.118. The zero-order chi connectivity index (χ0) is 21.0. The van der Waals surface area contributed by atoms with Gasteiger partial charge in [0, 0.05) is 34.9 Å². The van der Waals surface area contributed by atoms with Crippen LogP contribution in [0.15, 0.2) is 60.9 Å². The minimum absolute atomic E-state index is 0.0610. The first kappa shape index (κ1) is 17.7. The van der Waals surface area contributed by atoms with Crippen molar-refractivity contribution < 1.29 is 9.53 Å². The molecule has 0 radical (unpaired) electrons. The molecule has 2 atom stereocenters. The van der Waals surface area contributed by atoms with Crippen LogP contribution in [0.1, 0.15) is 34.7 Å². The van der Waals surface area contributed by atoms with Gasteiger partial charge in [0.2, 0.25) is 5.91 Å². The van der Waals surface area contributed by atoms with Crippen LogP contribution in [0, 0.1) is 11.8 Å². The highest BCUT2D eigenvalue weighted by atomic mass is 16.5. The predicted octanol–water partition coefficient (Wildman–Crippen LogP) is 3.74. The average molecular weight is 406 g/mol. The van der Waals surface area contributed by atoms with Gasteiger partial charge in [-0.3, -0.25) is 14.9 Å². The van der Waals surface area contributed by atoms with Crippen molar-refractivity contribution in [1.29, 1.82) is 0 Å². The van der Waals surface area contributed by atoms with Crippen LogP contribution in [0.2, 0.25) is 0 Å². The molecule has 1 unspecified atom stereocenters. The van der Waals surface area contributed by atoms with Crippen LogP contribution in [0.4, 0.5) is 5.69 Å². The van der Waals surface area contributed by atoms with Gasteiger partial charge in [0.25, 0.3) is 0 Å². The van der Waals surface area contributed by atoms with Gasteiger partial charge < -0.3 is 10.1 Å². The normalized spacial score (nSPS) is 20.8. The summed E-state index contributed by atoms with van der Waals surface area (Å²) in [5.74, 6) is 7.19. The van der Waals surface area contributed by atoms with E-state index in [0.717, 1.165) is 51.1 Å². The summed E-state index contributed by atoms with van der Waals surface area (Å²) in [7, 11) is 1.64. The first-order valence-electron chi connectivity index (χ1n) is 10.1. The summed E-state index contributed by atoms with van der Waals surface area (Å²) >= 11 is 0. The zero-order valence-electron chi connectivity index (χ0n) is 16.8. The van der Waals surface area contributed by atoms with Gasteiger partial charge in [0.15, 0.2) is 0 Å². The fraction of sp³-hybridized carbons (Fsp3) is 0.160. The summed E-state index contributed by atoms with van der Waals surface area (Å²) in [4.78, 5) is 17.0. The van der Waals surface area contributed by atoms with Crippen LogP contribution in [0.3, 0.4) is 0 Å². The Labute approximate surface area is 178 Å². The van der Waals surface area contributed by atoms with E-state index in [0.29, 0.717) is 0 Å². The lowest BCUT2D eigenvalue weighted by Gasteiger charge is -2.10. The molecule has 1 spiro atoms.